The van der Waals surface area contributed by atoms with Crippen LogP contribution in [0.1, 0.15) is 28.5 Å². The number of aromatic nitrogens is 2. The number of benzene rings is 1. The lowest BCUT2D eigenvalue weighted by atomic mass is 10.1. The number of carbonyl (C=O) groups excluding carboxylic acids is 1. The number of amides is 1. The number of hydrogen-bond acceptors (Lipinski definition) is 3. The molecule has 1 amide bonds. The Bertz CT molecular complexity index is 610. The molecule has 0 aliphatic carbocycles. The molecule has 1 heterocycles. The molecule has 3 N–H and O–H groups in total. The Kier molecular flexibility index (Phi) is 5.22. The topological polar surface area (TPSA) is 69.8 Å². The van der Waals surface area contributed by atoms with E-state index in [4.69, 9.17) is 11.6 Å². The minimum absolute atomic E-state index is 0.117. The van der Waals surface area contributed by atoms with Crippen molar-refractivity contribution < 1.29 is 4.79 Å². The normalized spacial score (nSPS) is 10.4. The largest absolute Gasteiger partial charge is 0.385 e. The van der Waals surface area contributed by atoms with Gasteiger partial charge in [0.15, 0.2) is 0 Å². The van der Waals surface area contributed by atoms with E-state index in [-0.39, 0.29) is 5.91 Å². The van der Waals surface area contributed by atoms with Gasteiger partial charge < -0.3 is 15.6 Å². The Morgan fingerprint density at radius 2 is 2.24 bits per heavy atom. The van der Waals surface area contributed by atoms with Crippen LogP contribution in [0.2, 0.25) is 5.02 Å². The summed E-state index contributed by atoms with van der Waals surface area (Å²) in [6.45, 7) is 5.24. The average Bonchev–Trinajstić information content (AvgIpc) is 2.96. The summed E-state index contributed by atoms with van der Waals surface area (Å²) in [5.41, 5.74) is 3.39. The molecule has 1 aromatic carbocycles. The van der Waals surface area contributed by atoms with Gasteiger partial charge in [-0.1, -0.05) is 11.6 Å². The van der Waals surface area contributed by atoms with Crippen LogP contribution in [0.5, 0.6) is 0 Å². The average molecular weight is 307 g/mol. The second-order valence-electron chi connectivity index (χ2n) is 4.74. The molecule has 0 spiro atoms. The molecular formula is C15H19ClN4O. The third-order valence-corrected chi connectivity index (χ3v) is 3.44. The smallest absolute Gasteiger partial charge is 0.251 e. The zero-order valence-electron chi connectivity index (χ0n) is 12.2. The molecule has 21 heavy (non-hydrogen) atoms. The minimum atomic E-state index is -0.117. The van der Waals surface area contributed by atoms with Crippen molar-refractivity contribution in [3.8, 4) is 0 Å². The quantitative estimate of drug-likeness (QED) is 0.768. The Hall–Kier alpha value is -2.01. The summed E-state index contributed by atoms with van der Waals surface area (Å²) < 4.78 is 0. The number of aromatic amines is 1. The first-order valence-electron chi connectivity index (χ1n) is 6.91. The maximum absolute atomic E-state index is 12.3. The van der Waals surface area contributed by atoms with E-state index in [1.165, 1.54) is 0 Å². The molecule has 0 unspecified atom stereocenters. The summed E-state index contributed by atoms with van der Waals surface area (Å²) in [5.74, 6) is -0.117. The highest BCUT2D eigenvalue weighted by Crippen LogP contribution is 2.24. The zero-order valence-corrected chi connectivity index (χ0v) is 12.9. The molecule has 0 saturated carbocycles. The van der Waals surface area contributed by atoms with Gasteiger partial charge in [-0.25, -0.2) is 4.98 Å². The Labute approximate surface area is 129 Å². The standard InChI is InChI=1S/C15H19ClN4O/c1-3-18-14-7-11(16)6-13(10(14)2)15(21)19-5-4-12-8-17-9-20-12/h6-9,18H,3-5H2,1-2H3,(H,17,20)(H,19,21). The van der Waals surface area contributed by atoms with Crippen molar-refractivity contribution in [1.82, 2.24) is 15.3 Å². The predicted molar refractivity (Wildman–Crippen MR) is 85.0 cm³/mol. The summed E-state index contributed by atoms with van der Waals surface area (Å²) in [4.78, 5) is 19.2. The van der Waals surface area contributed by atoms with Gasteiger partial charge in [0.2, 0.25) is 0 Å². The molecule has 6 heteroatoms. The number of anilines is 1. The highest BCUT2D eigenvalue weighted by Gasteiger charge is 2.13. The molecule has 0 radical (unpaired) electrons. The summed E-state index contributed by atoms with van der Waals surface area (Å²) in [6.07, 6.45) is 4.09. The zero-order chi connectivity index (χ0) is 15.2. The second-order valence-corrected chi connectivity index (χ2v) is 5.18. The van der Waals surface area contributed by atoms with Crippen LogP contribution >= 0.6 is 11.6 Å². The number of H-pyrrole nitrogens is 1. The molecule has 2 aromatic rings. The first kappa shape index (κ1) is 15.4. The Morgan fingerprint density at radius 3 is 2.90 bits per heavy atom. The number of nitrogens with zero attached hydrogens (tertiary/aromatic N) is 1. The van der Waals surface area contributed by atoms with E-state index in [0.29, 0.717) is 23.6 Å². The van der Waals surface area contributed by atoms with Gasteiger partial charge in [-0.15, -0.1) is 0 Å². The predicted octanol–water partition coefficient (Wildman–Crippen LogP) is 2.78. The maximum atomic E-state index is 12.3. The number of imidazole rings is 1. The van der Waals surface area contributed by atoms with Gasteiger partial charge in [0.1, 0.15) is 0 Å². The van der Waals surface area contributed by atoms with Crippen molar-refractivity contribution in [1.29, 1.82) is 0 Å². The molecule has 0 bridgehead atoms. The van der Waals surface area contributed by atoms with Gasteiger partial charge in [-0.3, -0.25) is 4.79 Å². The van der Waals surface area contributed by atoms with E-state index in [2.05, 4.69) is 20.6 Å². The minimum Gasteiger partial charge on any atom is -0.385 e. The van der Waals surface area contributed by atoms with Crippen LogP contribution < -0.4 is 10.6 Å². The molecule has 0 aliphatic heterocycles. The van der Waals surface area contributed by atoms with E-state index in [1.807, 2.05) is 19.9 Å². The molecule has 0 aliphatic rings. The van der Waals surface area contributed by atoms with Crippen LogP contribution in [0.3, 0.4) is 0 Å². The van der Waals surface area contributed by atoms with E-state index >= 15 is 0 Å². The fourth-order valence-electron chi connectivity index (χ4n) is 2.12. The molecule has 1 aromatic heterocycles. The summed E-state index contributed by atoms with van der Waals surface area (Å²) in [7, 11) is 0. The third-order valence-electron chi connectivity index (χ3n) is 3.22. The summed E-state index contributed by atoms with van der Waals surface area (Å²) >= 11 is 6.08. The summed E-state index contributed by atoms with van der Waals surface area (Å²) in [5, 5.41) is 6.67. The third kappa shape index (κ3) is 3.98. The van der Waals surface area contributed by atoms with Crippen LogP contribution in [0.25, 0.3) is 0 Å². The van der Waals surface area contributed by atoms with Crippen molar-refractivity contribution in [3.05, 3.63) is 46.5 Å². The molecule has 5 nitrogen and oxygen atoms in total. The number of hydrogen-bond donors (Lipinski definition) is 3. The molecule has 0 fully saturated rings. The van der Waals surface area contributed by atoms with Gasteiger partial charge >= 0.3 is 0 Å². The van der Waals surface area contributed by atoms with E-state index < -0.39 is 0 Å². The van der Waals surface area contributed by atoms with Gasteiger partial charge in [0.05, 0.1) is 6.33 Å². The number of rotatable bonds is 6. The van der Waals surface area contributed by atoms with Gasteiger partial charge in [-0.05, 0) is 31.5 Å². The van der Waals surface area contributed by atoms with Gasteiger partial charge in [0, 0.05) is 47.7 Å². The lowest BCUT2D eigenvalue weighted by molar-refractivity contribution is 0.0953. The van der Waals surface area contributed by atoms with Crippen LogP contribution in [0.15, 0.2) is 24.7 Å². The van der Waals surface area contributed by atoms with E-state index in [9.17, 15) is 4.79 Å². The van der Waals surface area contributed by atoms with E-state index in [0.717, 1.165) is 23.5 Å². The number of nitrogens with one attached hydrogen (secondary N) is 3. The monoisotopic (exact) mass is 306 g/mol. The van der Waals surface area contributed by atoms with Crippen LogP contribution in [0.4, 0.5) is 5.69 Å². The Balaban J connectivity index is 2.04. The fourth-order valence-corrected chi connectivity index (χ4v) is 2.33. The number of carbonyl (C=O) groups is 1. The molecule has 2 rings (SSSR count). The molecule has 0 atom stereocenters. The highest BCUT2D eigenvalue weighted by atomic mass is 35.5. The second kappa shape index (κ2) is 7.13. The lowest BCUT2D eigenvalue weighted by Gasteiger charge is -2.13. The highest BCUT2D eigenvalue weighted by molar-refractivity contribution is 6.31. The van der Waals surface area contributed by atoms with Crippen LogP contribution in [-0.2, 0) is 6.42 Å². The lowest BCUT2D eigenvalue weighted by Crippen LogP contribution is -2.26. The first-order chi connectivity index (χ1) is 10.1. The SMILES string of the molecule is CCNc1cc(Cl)cc(C(=O)NCCc2cnc[nH]2)c1C. The van der Waals surface area contributed by atoms with Crippen LogP contribution in [-0.4, -0.2) is 29.0 Å². The molecule has 112 valence electrons. The summed E-state index contributed by atoms with van der Waals surface area (Å²) in [6, 6.07) is 3.53. The van der Waals surface area contributed by atoms with E-state index in [1.54, 1.807) is 18.6 Å². The molecular weight excluding hydrogens is 288 g/mol. The van der Waals surface area contributed by atoms with Crippen molar-refractivity contribution in [2.75, 3.05) is 18.4 Å². The van der Waals surface area contributed by atoms with Crippen molar-refractivity contribution in [2.24, 2.45) is 0 Å². The fraction of sp³-hybridized carbons (Fsp3) is 0.333. The van der Waals surface area contributed by atoms with Crippen LogP contribution in [0, 0.1) is 6.92 Å². The van der Waals surface area contributed by atoms with Crippen molar-refractivity contribution >= 4 is 23.2 Å². The first-order valence-corrected chi connectivity index (χ1v) is 7.29. The van der Waals surface area contributed by atoms with Gasteiger partial charge in [-0.2, -0.15) is 0 Å². The maximum Gasteiger partial charge on any atom is 0.251 e. The Morgan fingerprint density at radius 1 is 1.43 bits per heavy atom. The van der Waals surface area contributed by atoms with Crippen molar-refractivity contribution in [2.45, 2.75) is 20.3 Å². The van der Waals surface area contributed by atoms with Gasteiger partial charge in [0.25, 0.3) is 5.91 Å². The molecule has 0 saturated heterocycles. The number of halogens is 1. The van der Waals surface area contributed by atoms with Crippen molar-refractivity contribution in [3.63, 3.8) is 0 Å².